The summed E-state index contributed by atoms with van der Waals surface area (Å²) in [7, 11) is 0. The lowest BCUT2D eigenvalue weighted by Crippen LogP contribution is -2.23. The zero-order valence-corrected chi connectivity index (χ0v) is 15.8. The van der Waals surface area contributed by atoms with E-state index in [0.717, 1.165) is 21.1 Å². The minimum absolute atomic E-state index is 0.0563. The molecule has 2 aromatic rings. The van der Waals surface area contributed by atoms with Crippen LogP contribution in [-0.2, 0) is 11.3 Å². The predicted molar refractivity (Wildman–Crippen MR) is 100 cm³/mol. The van der Waals surface area contributed by atoms with Crippen LogP contribution in [-0.4, -0.2) is 25.9 Å². The van der Waals surface area contributed by atoms with Gasteiger partial charge >= 0.3 is 0 Å². The molecule has 5 nitrogen and oxygen atoms in total. The molecule has 1 unspecified atom stereocenters. The maximum atomic E-state index is 12.4. The third-order valence-corrected chi connectivity index (χ3v) is 5.32. The van der Waals surface area contributed by atoms with E-state index in [1.165, 1.54) is 24.6 Å². The number of halogens is 1. The van der Waals surface area contributed by atoms with Gasteiger partial charge in [-0.05, 0) is 38.0 Å². The van der Waals surface area contributed by atoms with Crippen LogP contribution >= 0.6 is 27.7 Å². The molecule has 1 saturated carbocycles. The van der Waals surface area contributed by atoms with E-state index >= 15 is 0 Å². The van der Waals surface area contributed by atoms with Gasteiger partial charge in [-0.3, -0.25) is 4.79 Å². The first-order valence-corrected chi connectivity index (χ1v) is 9.53. The number of hydrogen-bond donors (Lipinski definition) is 1. The molecule has 0 saturated heterocycles. The monoisotopic (exact) mass is 406 g/mol. The number of carbonyl (C=O) groups is 1. The SMILES string of the molecule is C=CCn1c(SC(C)C(=O)Nc2cccc(Br)c2)nnc1C1CC1. The molecule has 0 spiro atoms. The van der Waals surface area contributed by atoms with Gasteiger partial charge in [-0.15, -0.1) is 16.8 Å². The highest BCUT2D eigenvalue weighted by Gasteiger charge is 2.30. The fourth-order valence-corrected chi connectivity index (χ4v) is 3.62. The molecular weight excluding hydrogens is 388 g/mol. The molecule has 1 aliphatic carbocycles. The van der Waals surface area contributed by atoms with Crippen molar-refractivity contribution in [1.82, 2.24) is 14.8 Å². The molecule has 1 aromatic carbocycles. The standard InChI is InChI=1S/C17H19BrN4OS/c1-3-9-22-15(12-7-8-12)20-21-17(22)24-11(2)16(23)19-14-6-4-5-13(18)10-14/h3-6,10-12H,1,7-9H2,2H3,(H,19,23). The number of aromatic nitrogens is 3. The summed E-state index contributed by atoms with van der Waals surface area (Å²) in [4.78, 5) is 12.4. The topological polar surface area (TPSA) is 59.8 Å². The average molecular weight is 407 g/mol. The average Bonchev–Trinajstić information content (AvgIpc) is 3.32. The molecule has 1 amide bonds. The number of thioether (sulfide) groups is 1. The lowest BCUT2D eigenvalue weighted by molar-refractivity contribution is -0.115. The molecule has 0 aliphatic heterocycles. The second-order valence-corrected chi connectivity index (χ2v) is 8.00. The molecule has 1 atom stereocenters. The Bertz CT molecular complexity index is 757. The van der Waals surface area contributed by atoms with Crippen molar-refractivity contribution in [2.75, 3.05) is 5.32 Å². The van der Waals surface area contributed by atoms with Crippen molar-refractivity contribution in [2.45, 2.75) is 42.6 Å². The van der Waals surface area contributed by atoms with E-state index in [2.05, 4.69) is 42.6 Å². The van der Waals surface area contributed by atoms with Crippen LogP contribution in [0.4, 0.5) is 5.69 Å². The molecule has 7 heteroatoms. The Morgan fingerprint density at radius 1 is 1.54 bits per heavy atom. The molecular formula is C17H19BrN4OS. The first-order chi connectivity index (χ1) is 11.6. The van der Waals surface area contributed by atoms with Gasteiger partial charge in [-0.2, -0.15) is 0 Å². The first-order valence-electron chi connectivity index (χ1n) is 7.85. The Balaban J connectivity index is 1.68. The predicted octanol–water partition coefficient (Wildman–Crippen LogP) is 4.22. The van der Waals surface area contributed by atoms with E-state index in [4.69, 9.17) is 0 Å². The van der Waals surface area contributed by atoms with Crippen LogP contribution < -0.4 is 5.32 Å². The summed E-state index contributed by atoms with van der Waals surface area (Å²) in [6, 6.07) is 7.55. The summed E-state index contributed by atoms with van der Waals surface area (Å²) in [6.07, 6.45) is 4.17. The number of carbonyl (C=O) groups excluding carboxylic acids is 1. The van der Waals surface area contributed by atoms with Crippen molar-refractivity contribution in [2.24, 2.45) is 0 Å². The van der Waals surface area contributed by atoms with Gasteiger partial charge in [0.15, 0.2) is 5.16 Å². The number of benzene rings is 1. The summed E-state index contributed by atoms with van der Waals surface area (Å²) in [5, 5.41) is 12.0. The van der Waals surface area contributed by atoms with Gasteiger partial charge in [-0.25, -0.2) is 0 Å². The third kappa shape index (κ3) is 4.08. The Labute approximate surface area is 154 Å². The summed E-state index contributed by atoms with van der Waals surface area (Å²) in [5.41, 5.74) is 0.771. The number of anilines is 1. The molecule has 1 aliphatic rings. The van der Waals surface area contributed by atoms with E-state index in [-0.39, 0.29) is 11.2 Å². The van der Waals surface area contributed by atoms with Crippen molar-refractivity contribution in [3.8, 4) is 0 Å². The normalized spacial score (nSPS) is 15.1. The molecule has 3 rings (SSSR count). The lowest BCUT2D eigenvalue weighted by Gasteiger charge is -2.13. The van der Waals surface area contributed by atoms with Crippen molar-refractivity contribution in [1.29, 1.82) is 0 Å². The molecule has 24 heavy (non-hydrogen) atoms. The van der Waals surface area contributed by atoms with Gasteiger partial charge < -0.3 is 9.88 Å². The summed E-state index contributed by atoms with van der Waals surface area (Å²) >= 11 is 4.83. The van der Waals surface area contributed by atoms with Gasteiger partial charge in [0.2, 0.25) is 5.91 Å². The highest BCUT2D eigenvalue weighted by atomic mass is 79.9. The van der Waals surface area contributed by atoms with Crippen LogP contribution in [0.1, 0.15) is 31.5 Å². The number of nitrogens with zero attached hydrogens (tertiary/aromatic N) is 3. The zero-order chi connectivity index (χ0) is 17.1. The molecule has 1 fully saturated rings. The van der Waals surface area contributed by atoms with Crippen LogP contribution in [0.3, 0.4) is 0 Å². The number of amides is 1. The number of allylic oxidation sites excluding steroid dienone is 1. The number of rotatable bonds is 7. The third-order valence-electron chi connectivity index (χ3n) is 3.74. The minimum atomic E-state index is -0.274. The Hall–Kier alpha value is -1.60. The first kappa shape index (κ1) is 17.2. The van der Waals surface area contributed by atoms with Crippen molar-refractivity contribution < 1.29 is 4.79 Å². The van der Waals surface area contributed by atoms with Gasteiger partial charge in [-0.1, -0.05) is 39.8 Å². The number of nitrogens with one attached hydrogen (secondary N) is 1. The number of hydrogen-bond acceptors (Lipinski definition) is 4. The highest BCUT2D eigenvalue weighted by Crippen LogP contribution is 2.40. The molecule has 1 N–H and O–H groups in total. The van der Waals surface area contributed by atoms with Crippen LogP contribution in [0.2, 0.25) is 0 Å². The Kier molecular flexibility index (Phi) is 5.40. The smallest absolute Gasteiger partial charge is 0.237 e. The zero-order valence-electron chi connectivity index (χ0n) is 13.4. The Morgan fingerprint density at radius 3 is 3.00 bits per heavy atom. The van der Waals surface area contributed by atoms with Gasteiger partial charge in [0.1, 0.15) is 5.82 Å². The second kappa shape index (κ2) is 7.53. The molecule has 126 valence electrons. The van der Waals surface area contributed by atoms with E-state index < -0.39 is 0 Å². The lowest BCUT2D eigenvalue weighted by atomic mass is 10.3. The Morgan fingerprint density at radius 2 is 2.33 bits per heavy atom. The summed E-state index contributed by atoms with van der Waals surface area (Å²) in [6.45, 7) is 6.35. The minimum Gasteiger partial charge on any atom is -0.325 e. The second-order valence-electron chi connectivity index (χ2n) is 5.77. The van der Waals surface area contributed by atoms with E-state index in [0.29, 0.717) is 12.5 Å². The van der Waals surface area contributed by atoms with E-state index in [1.807, 2.05) is 37.3 Å². The summed E-state index contributed by atoms with van der Waals surface area (Å²) in [5.74, 6) is 1.47. The van der Waals surface area contributed by atoms with Crippen LogP contribution in [0.5, 0.6) is 0 Å². The molecule has 1 heterocycles. The summed E-state index contributed by atoms with van der Waals surface area (Å²) < 4.78 is 3.00. The van der Waals surface area contributed by atoms with Crippen LogP contribution in [0.15, 0.2) is 46.5 Å². The van der Waals surface area contributed by atoms with E-state index in [9.17, 15) is 4.79 Å². The van der Waals surface area contributed by atoms with Crippen LogP contribution in [0.25, 0.3) is 0 Å². The fraction of sp³-hybridized carbons (Fsp3) is 0.353. The quantitative estimate of drug-likeness (QED) is 0.552. The van der Waals surface area contributed by atoms with Gasteiger partial charge in [0.25, 0.3) is 0 Å². The highest BCUT2D eigenvalue weighted by molar-refractivity contribution is 9.10. The maximum Gasteiger partial charge on any atom is 0.237 e. The molecule has 0 radical (unpaired) electrons. The van der Waals surface area contributed by atoms with Crippen molar-refractivity contribution in [3.05, 3.63) is 47.2 Å². The van der Waals surface area contributed by atoms with Gasteiger partial charge in [0, 0.05) is 22.6 Å². The van der Waals surface area contributed by atoms with Crippen molar-refractivity contribution >= 4 is 39.3 Å². The maximum absolute atomic E-state index is 12.4. The molecule has 0 bridgehead atoms. The van der Waals surface area contributed by atoms with Gasteiger partial charge in [0.05, 0.1) is 5.25 Å². The van der Waals surface area contributed by atoms with Crippen LogP contribution in [0, 0.1) is 0 Å². The largest absolute Gasteiger partial charge is 0.325 e. The van der Waals surface area contributed by atoms with Crippen molar-refractivity contribution in [3.63, 3.8) is 0 Å². The fourth-order valence-electron chi connectivity index (χ4n) is 2.35. The van der Waals surface area contributed by atoms with E-state index in [1.54, 1.807) is 0 Å². The molecule has 1 aromatic heterocycles.